The van der Waals surface area contributed by atoms with Gasteiger partial charge in [0.1, 0.15) is 23.4 Å². The molecule has 1 unspecified atom stereocenters. The Balaban J connectivity index is 1.88. The summed E-state index contributed by atoms with van der Waals surface area (Å²) in [5.41, 5.74) is 3.71. The molecule has 138 valence electrons. The van der Waals surface area contributed by atoms with Gasteiger partial charge in [-0.05, 0) is 29.7 Å². The molecular weight excluding hydrogens is 340 g/mol. The van der Waals surface area contributed by atoms with E-state index in [-0.39, 0.29) is 6.10 Å². The highest BCUT2D eigenvalue weighted by atomic mass is 16.5. The van der Waals surface area contributed by atoms with Crippen molar-refractivity contribution in [3.63, 3.8) is 0 Å². The summed E-state index contributed by atoms with van der Waals surface area (Å²) in [5.74, 6) is 1.42. The fourth-order valence-corrected chi connectivity index (χ4v) is 2.97. The van der Waals surface area contributed by atoms with Gasteiger partial charge < -0.3 is 14.2 Å². The van der Waals surface area contributed by atoms with Gasteiger partial charge in [0, 0.05) is 12.1 Å². The third-order valence-electron chi connectivity index (χ3n) is 4.41. The van der Waals surface area contributed by atoms with E-state index >= 15 is 0 Å². The summed E-state index contributed by atoms with van der Waals surface area (Å²) >= 11 is 0. The molecule has 0 spiro atoms. The number of hydrogen-bond acceptors (Lipinski definition) is 4. The van der Waals surface area contributed by atoms with E-state index in [4.69, 9.17) is 14.2 Å². The highest BCUT2D eigenvalue weighted by Crippen LogP contribution is 2.35. The van der Waals surface area contributed by atoms with E-state index in [0.717, 1.165) is 16.7 Å². The number of ether oxygens (including phenoxy) is 3. The molecule has 0 aromatic heterocycles. The Labute approximate surface area is 159 Å². The summed E-state index contributed by atoms with van der Waals surface area (Å²) in [6.45, 7) is 1.98. The Bertz CT molecular complexity index is 894. The van der Waals surface area contributed by atoms with E-state index in [9.17, 15) is 4.79 Å². The number of benzene rings is 3. The maximum Gasteiger partial charge on any atom is 0.157 e. The van der Waals surface area contributed by atoms with Crippen LogP contribution >= 0.6 is 0 Å². The second-order valence-electron chi connectivity index (χ2n) is 6.11. The van der Waals surface area contributed by atoms with Crippen molar-refractivity contribution >= 4 is 6.29 Å². The van der Waals surface area contributed by atoms with Gasteiger partial charge in [-0.2, -0.15) is 0 Å². The quantitative estimate of drug-likeness (QED) is 0.533. The standard InChI is InChI=1S/C23H22O4/c1-16(18-10-7-11-19(12-18)17-8-5-4-6-9-17)27-20-13-22(25-2)21(15-24)23(14-20)26-3/h4-16H,1-3H3. The molecule has 0 aliphatic heterocycles. The van der Waals surface area contributed by atoms with Crippen LogP contribution in [0.3, 0.4) is 0 Å². The van der Waals surface area contributed by atoms with Gasteiger partial charge in [-0.1, -0.05) is 48.5 Å². The lowest BCUT2D eigenvalue weighted by Crippen LogP contribution is -2.05. The highest BCUT2D eigenvalue weighted by molar-refractivity contribution is 5.84. The van der Waals surface area contributed by atoms with Crippen LogP contribution in [0.5, 0.6) is 17.2 Å². The molecule has 3 rings (SSSR count). The van der Waals surface area contributed by atoms with E-state index in [1.54, 1.807) is 12.1 Å². The van der Waals surface area contributed by atoms with Gasteiger partial charge in [0.2, 0.25) is 0 Å². The largest absolute Gasteiger partial charge is 0.496 e. The maximum absolute atomic E-state index is 11.3. The number of aldehydes is 1. The van der Waals surface area contributed by atoms with Crippen molar-refractivity contribution in [3.05, 3.63) is 77.9 Å². The number of carbonyl (C=O) groups excluding carboxylic acids is 1. The lowest BCUT2D eigenvalue weighted by atomic mass is 10.0. The Morgan fingerprint density at radius 3 is 2.04 bits per heavy atom. The third-order valence-corrected chi connectivity index (χ3v) is 4.41. The average molecular weight is 362 g/mol. The fourth-order valence-electron chi connectivity index (χ4n) is 2.97. The van der Waals surface area contributed by atoms with Crippen molar-refractivity contribution in [2.75, 3.05) is 14.2 Å². The van der Waals surface area contributed by atoms with Crippen molar-refractivity contribution in [1.29, 1.82) is 0 Å². The van der Waals surface area contributed by atoms with Crippen LogP contribution in [0.1, 0.15) is 28.9 Å². The lowest BCUT2D eigenvalue weighted by molar-refractivity contribution is 0.111. The normalized spacial score (nSPS) is 11.5. The number of rotatable bonds is 7. The van der Waals surface area contributed by atoms with Crippen LogP contribution in [0.15, 0.2) is 66.7 Å². The molecule has 4 heteroatoms. The van der Waals surface area contributed by atoms with Crippen LogP contribution in [-0.4, -0.2) is 20.5 Å². The Morgan fingerprint density at radius 1 is 0.815 bits per heavy atom. The van der Waals surface area contributed by atoms with Crippen molar-refractivity contribution in [2.45, 2.75) is 13.0 Å². The van der Waals surface area contributed by atoms with E-state index in [1.807, 2.05) is 37.3 Å². The molecule has 0 aliphatic carbocycles. The summed E-state index contributed by atoms with van der Waals surface area (Å²) in [4.78, 5) is 11.3. The monoisotopic (exact) mass is 362 g/mol. The predicted octanol–water partition coefficient (Wildman–Crippen LogP) is 5.32. The number of carbonyl (C=O) groups is 1. The summed E-state index contributed by atoms with van der Waals surface area (Å²) in [5, 5.41) is 0. The van der Waals surface area contributed by atoms with Gasteiger partial charge in [-0.3, -0.25) is 4.79 Å². The zero-order valence-electron chi connectivity index (χ0n) is 15.6. The number of methoxy groups -OCH3 is 2. The number of hydrogen-bond donors (Lipinski definition) is 0. The molecule has 27 heavy (non-hydrogen) atoms. The molecule has 3 aromatic carbocycles. The average Bonchev–Trinajstić information content (AvgIpc) is 2.73. The first-order valence-electron chi connectivity index (χ1n) is 8.69. The maximum atomic E-state index is 11.3. The van der Waals surface area contributed by atoms with E-state index in [2.05, 4.69) is 24.3 Å². The zero-order chi connectivity index (χ0) is 19.2. The van der Waals surface area contributed by atoms with Gasteiger partial charge in [0.25, 0.3) is 0 Å². The van der Waals surface area contributed by atoms with Crippen LogP contribution in [0.2, 0.25) is 0 Å². The van der Waals surface area contributed by atoms with Crippen LogP contribution in [0.4, 0.5) is 0 Å². The van der Waals surface area contributed by atoms with Crippen molar-refractivity contribution in [2.24, 2.45) is 0 Å². The van der Waals surface area contributed by atoms with E-state index < -0.39 is 0 Å². The molecule has 0 saturated carbocycles. The highest BCUT2D eigenvalue weighted by Gasteiger charge is 2.15. The minimum Gasteiger partial charge on any atom is -0.496 e. The van der Waals surface area contributed by atoms with E-state index in [1.165, 1.54) is 14.2 Å². The molecule has 0 heterocycles. The Morgan fingerprint density at radius 2 is 1.44 bits per heavy atom. The second-order valence-corrected chi connectivity index (χ2v) is 6.11. The topological polar surface area (TPSA) is 44.8 Å². The molecule has 0 fully saturated rings. The van der Waals surface area contributed by atoms with Gasteiger partial charge in [0.15, 0.2) is 6.29 Å². The molecule has 1 atom stereocenters. The zero-order valence-corrected chi connectivity index (χ0v) is 15.6. The SMILES string of the molecule is COc1cc(OC(C)c2cccc(-c3ccccc3)c2)cc(OC)c1C=O. The van der Waals surface area contributed by atoms with Gasteiger partial charge in [0.05, 0.1) is 19.8 Å². The smallest absolute Gasteiger partial charge is 0.157 e. The van der Waals surface area contributed by atoms with Crippen molar-refractivity contribution in [3.8, 4) is 28.4 Å². The van der Waals surface area contributed by atoms with Gasteiger partial charge in [-0.15, -0.1) is 0 Å². The molecule has 0 aliphatic rings. The molecular formula is C23H22O4. The molecule has 0 amide bonds. The van der Waals surface area contributed by atoms with Crippen LogP contribution < -0.4 is 14.2 Å². The lowest BCUT2D eigenvalue weighted by Gasteiger charge is -2.18. The Hall–Kier alpha value is -3.27. The van der Waals surface area contributed by atoms with Crippen molar-refractivity contribution < 1.29 is 19.0 Å². The summed E-state index contributed by atoms with van der Waals surface area (Å²) < 4.78 is 16.7. The van der Waals surface area contributed by atoms with Crippen LogP contribution in [0, 0.1) is 0 Å². The molecule has 0 bridgehead atoms. The first-order chi connectivity index (χ1) is 13.2. The van der Waals surface area contributed by atoms with Gasteiger partial charge in [-0.25, -0.2) is 0 Å². The minimum absolute atomic E-state index is 0.190. The molecule has 4 nitrogen and oxygen atoms in total. The van der Waals surface area contributed by atoms with Crippen LogP contribution in [0.25, 0.3) is 11.1 Å². The second kappa shape index (κ2) is 8.41. The summed E-state index contributed by atoms with van der Waals surface area (Å²) in [6.07, 6.45) is 0.527. The first-order valence-corrected chi connectivity index (χ1v) is 8.69. The summed E-state index contributed by atoms with van der Waals surface area (Å²) in [7, 11) is 3.02. The first kappa shape index (κ1) is 18.5. The van der Waals surface area contributed by atoms with Crippen LogP contribution in [-0.2, 0) is 0 Å². The summed E-state index contributed by atoms with van der Waals surface area (Å²) in [6, 6.07) is 21.9. The van der Waals surface area contributed by atoms with Gasteiger partial charge >= 0.3 is 0 Å². The van der Waals surface area contributed by atoms with E-state index in [0.29, 0.717) is 29.1 Å². The predicted molar refractivity (Wildman–Crippen MR) is 106 cm³/mol. The Kier molecular flexibility index (Phi) is 5.77. The fraction of sp³-hybridized carbons (Fsp3) is 0.174. The third kappa shape index (κ3) is 4.11. The minimum atomic E-state index is -0.190. The van der Waals surface area contributed by atoms with Crippen molar-refractivity contribution in [1.82, 2.24) is 0 Å². The molecule has 0 N–H and O–H groups in total. The molecule has 0 saturated heterocycles. The molecule has 3 aromatic rings. The molecule has 0 radical (unpaired) electrons.